The molecule has 1 aliphatic heterocycles. The number of nitrogens with two attached hydrogens (primary N) is 1. The second kappa shape index (κ2) is 4.02. The molecular weight excluding hydrogens is 212 g/mol. The fourth-order valence-corrected chi connectivity index (χ4v) is 3.15. The van der Waals surface area contributed by atoms with Gasteiger partial charge in [-0.3, -0.25) is 5.41 Å². The van der Waals surface area contributed by atoms with E-state index in [4.69, 9.17) is 11.1 Å². The molecule has 2 atom stereocenters. The largest absolute Gasteiger partial charge is 0.384 e. The summed E-state index contributed by atoms with van der Waals surface area (Å²) in [7, 11) is 0. The van der Waals surface area contributed by atoms with Crippen molar-refractivity contribution in [3.63, 3.8) is 0 Å². The van der Waals surface area contributed by atoms with Crippen molar-refractivity contribution in [1.29, 1.82) is 5.41 Å². The number of hydrogen-bond acceptors (Lipinski definition) is 3. The number of nitrogen functional groups attached to an aromatic ring is 1. The Morgan fingerprint density at radius 3 is 2.53 bits per heavy atom. The van der Waals surface area contributed by atoms with Gasteiger partial charge in [0.25, 0.3) is 0 Å². The first kappa shape index (κ1) is 10.6. The number of pyridine rings is 1. The molecule has 0 spiro atoms. The Labute approximate surface area is 101 Å². The molecule has 0 bridgehead atoms. The van der Waals surface area contributed by atoms with Gasteiger partial charge in [0.1, 0.15) is 11.7 Å². The summed E-state index contributed by atoms with van der Waals surface area (Å²) in [4.78, 5) is 6.79. The maximum atomic E-state index is 7.34. The van der Waals surface area contributed by atoms with E-state index in [1.54, 1.807) is 6.20 Å². The Balaban J connectivity index is 1.75. The summed E-state index contributed by atoms with van der Waals surface area (Å²) in [5.41, 5.74) is 6.12. The molecule has 2 aliphatic rings. The average Bonchev–Trinajstić information content (AvgIpc) is 2.89. The summed E-state index contributed by atoms with van der Waals surface area (Å²) in [5.74, 6) is 2.88. The Bertz CT molecular complexity index is 414. The zero-order valence-electron chi connectivity index (χ0n) is 9.89. The summed E-state index contributed by atoms with van der Waals surface area (Å²) < 4.78 is 0. The molecule has 4 heteroatoms. The van der Waals surface area contributed by atoms with E-state index >= 15 is 0 Å². The van der Waals surface area contributed by atoms with Crippen molar-refractivity contribution in [1.82, 2.24) is 4.98 Å². The van der Waals surface area contributed by atoms with Crippen molar-refractivity contribution in [3.8, 4) is 0 Å². The molecule has 3 N–H and O–H groups in total. The van der Waals surface area contributed by atoms with Gasteiger partial charge in [0.05, 0.1) is 0 Å². The van der Waals surface area contributed by atoms with Crippen LogP contribution in [0.25, 0.3) is 0 Å². The van der Waals surface area contributed by atoms with Crippen molar-refractivity contribution < 1.29 is 0 Å². The maximum Gasteiger partial charge on any atom is 0.128 e. The minimum Gasteiger partial charge on any atom is -0.384 e. The first-order chi connectivity index (χ1) is 8.24. The van der Waals surface area contributed by atoms with E-state index in [0.29, 0.717) is 5.56 Å². The highest BCUT2D eigenvalue weighted by Crippen LogP contribution is 2.38. The van der Waals surface area contributed by atoms with Crippen LogP contribution >= 0.6 is 0 Å². The van der Waals surface area contributed by atoms with Gasteiger partial charge in [0.15, 0.2) is 0 Å². The van der Waals surface area contributed by atoms with E-state index in [-0.39, 0.29) is 5.84 Å². The Kier molecular flexibility index (Phi) is 2.50. The lowest BCUT2D eigenvalue weighted by Gasteiger charge is -2.18. The van der Waals surface area contributed by atoms with E-state index < -0.39 is 0 Å². The highest BCUT2D eigenvalue weighted by atomic mass is 15.2. The fourth-order valence-electron chi connectivity index (χ4n) is 3.15. The van der Waals surface area contributed by atoms with Crippen molar-refractivity contribution in [2.24, 2.45) is 17.6 Å². The smallest absolute Gasteiger partial charge is 0.128 e. The molecule has 2 unspecified atom stereocenters. The van der Waals surface area contributed by atoms with Crippen LogP contribution in [-0.4, -0.2) is 23.9 Å². The number of nitrogens with one attached hydrogen (secondary N) is 1. The molecule has 90 valence electrons. The van der Waals surface area contributed by atoms with Gasteiger partial charge < -0.3 is 10.6 Å². The monoisotopic (exact) mass is 230 g/mol. The third kappa shape index (κ3) is 1.88. The standard InChI is InChI=1S/C13H18N4/c14-13(15)9-4-5-12(16-6-9)17-7-10-2-1-3-11(10)8-17/h4-6,10-11H,1-3,7-8H2,(H3,14,15). The lowest BCUT2D eigenvalue weighted by molar-refractivity contribution is 0.494. The lowest BCUT2D eigenvalue weighted by Crippen LogP contribution is -2.22. The molecule has 4 nitrogen and oxygen atoms in total. The first-order valence-corrected chi connectivity index (χ1v) is 6.29. The molecule has 3 rings (SSSR count). The summed E-state index contributed by atoms with van der Waals surface area (Å²) in [6, 6.07) is 3.87. The predicted octanol–water partition coefficient (Wildman–Crippen LogP) is 1.60. The number of nitrogens with zero attached hydrogens (tertiary/aromatic N) is 2. The van der Waals surface area contributed by atoms with Crippen LogP contribution in [0.4, 0.5) is 5.82 Å². The van der Waals surface area contributed by atoms with Crippen LogP contribution in [0.15, 0.2) is 18.3 Å². The molecule has 1 saturated carbocycles. The summed E-state index contributed by atoms with van der Waals surface area (Å²) in [6.07, 6.45) is 5.87. The third-order valence-corrected chi connectivity index (χ3v) is 4.11. The van der Waals surface area contributed by atoms with Crippen molar-refractivity contribution >= 4 is 11.7 Å². The minimum atomic E-state index is 0.0855. The van der Waals surface area contributed by atoms with Crippen LogP contribution in [-0.2, 0) is 0 Å². The lowest BCUT2D eigenvalue weighted by atomic mass is 10.0. The summed E-state index contributed by atoms with van der Waals surface area (Å²) in [6.45, 7) is 2.30. The third-order valence-electron chi connectivity index (χ3n) is 4.11. The molecule has 1 aromatic rings. The van der Waals surface area contributed by atoms with Crippen LogP contribution in [0.3, 0.4) is 0 Å². The molecule has 1 aromatic heterocycles. The Morgan fingerprint density at radius 1 is 1.29 bits per heavy atom. The van der Waals surface area contributed by atoms with E-state index in [9.17, 15) is 0 Å². The van der Waals surface area contributed by atoms with Gasteiger partial charge in [-0.1, -0.05) is 6.42 Å². The highest BCUT2D eigenvalue weighted by Gasteiger charge is 2.36. The molecule has 1 saturated heterocycles. The topological polar surface area (TPSA) is 66.0 Å². The Morgan fingerprint density at radius 2 is 2.00 bits per heavy atom. The first-order valence-electron chi connectivity index (χ1n) is 6.29. The normalized spacial score (nSPS) is 27.2. The van der Waals surface area contributed by atoms with E-state index in [1.807, 2.05) is 12.1 Å². The zero-order valence-corrected chi connectivity index (χ0v) is 9.89. The number of rotatable bonds is 2. The minimum absolute atomic E-state index is 0.0855. The van der Waals surface area contributed by atoms with Crippen molar-refractivity contribution in [2.45, 2.75) is 19.3 Å². The van der Waals surface area contributed by atoms with E-state index in [2.05, 4.69) is 9.88 Å². The van der Waals surface area contributed by atoms with E-state index in [1.165, 1.54) is 19.3 Å². The number of amidine groups is 1. The second-order valence-electron chi connectivity index (χ2n) is 5.17. The number of anilines is 1. The van der Waals surface area contributed by atoms with E-state index in [0.717, 1.165) is 30.7 Å². The molecule has 0 aromatic carbocycles. The van der Waals surface area contributed by atoms with Crippen molar-refractivity contribution in [2.75, 3.05) is 18.0 Å². The van der Waals surface area contributed by atoms with Gasteiger partial charge in [0, 0.05) is 24.8 Å². The number of fused-ring (bicyclic) bond motifs is 1. The van der Waals surface area contributed by atoms with Gasteiger partial charge in [-0.2, -0.15) is 0 Å². The fraction of sp³-hybridized carbons (Fsp3) is 0.538. The van der Waals surface area contributed by atoms with Crippen LogP contribution in [0.5, 0.6) is 0 Å². The van der Waals surface area contributed by atoms with Crippen LogP contribution in [0, 0.1) is 17.2 Å². The number of aromatic nitrogens is 1. The van der Waals surface area contributed by atoms with Crippen molar-refractivity contribution in [3.05, 3.63) is 23.9 Å². The summed E-state index contributed by atoms with van der Waals surface area (Å²) in [5, 5.41) is 7.34. The molecule has 0 amide bonds. The molecule has 17 heavy (non-hydrogen) atoms. The average molecular weight is 230 g/mol. The maximum absolute atomic E-state index is 7.34. The Hall–Kier alpha value is -1.58. The van der Waals surface area contributed by atoms with Crippen LogP contribution in [0.2, 0.25) is 0 Å². The SMILES string of the molecule is N=C(N)c1ccc(N2CC3CCCC3C2)nc1. The molecular formula is C13H18N4. The van der Waals surface area contributed by atoms with Gasteiger partial charge in [-0.05, 0) is 36.8 Å². The molecule has 0 radical (unpaired) electrons. The quantitative estimate of drug-likeness (QED) is 0.599. The highest BCUT2D eigenvalue weighted by molar-refractivity contribution is 5.94. The molecule has 2 heterocycles. The van der Waals surface area contributed by atoms with Crippen LogP contribution < -0.4 is 10.6 Å². The van der Waals surface area contributed by atoms with Crippen LogP contribution in [0.1, 0.15) is 24.8 Å². The molecule has 1 aliphatic carbocycles. The summed E-state index contributed by atoms with van der Waals surface area (Å²) >= 11 is 0. The van der Waals surface area contributed by atoms with Gasteiger partial charge in [0.2, 0.25) is 0 Å². The molecule has 2 fully saturated rings. The van der Waals surface area contributed by atoms with Gasteiger partial charge >= 0.3 is 0 Å². The number of hydrogen-bond donors (Lipinski definition) is 2. The second-order valence-corrected chi connectivity index (χ2v) is 5.17. The zero-order chi connectivity index (χ0) is 11.8. The van der Waals surface area contributed by atoms with Gasteiger partial charge in [-0.25, -0.2) is 4.98 Å². The van der Waals surface area contributed by atoms with Gasteiger partial charge in [-0.15, -0.1) is 0 Å². The predicted molar refractivity (Wildman–Crippen MR) is 68.3 cm³/mol.